The average Bonchev–Trinajstić information content (AvgIpc) is 2.16. The number of amides is 1. The number of methoxy groups -OCH3 is 1. The number of carbonyl (C=O) groups excluding carboxylic acids is 1. The van der Waals surface area contributed by atoms with Crippen LogP contribution in [-0.2, 0) is 14.3 Å². The molecule has 78 valence electrons. The van der Waals surface area contributed by atoms with Crippen molar-refractivity contribution in [2.24, 2.45) is 5.73 Å². The molecule has 0 fully saturated rings. The van der Waals surface area contributed by atoms with Gasteiger partial charge in [0.25, 0.3) is 0 Å². The van der Waals surface area contributed by atoms with E-state index in [-0.39, 0.29) is 12.5 Å². The van der Waals surface area contributed by atoms with Gasteiger partial charge >= 0.3 is 0 Å². The maximum atomic E-state index is 10.7. The van der Waals surface area contributed by atoms with Crippen LogP contribution < -0.4 is 11.1 Å². The lowest BCUT2D eigenvalue weighted by atomic mass is 10.4. The van der Waals surface area contributed by atoms with Crippen molar-refractivity contribution in [1.82, 2.24) is 5.32 Å². The molecule has 13 heavy (non-hydrogen) atoms. The number of ether oxygens (including phenoxy) is 2. The number of carbonyl (C=O) groups is 1. The third-order valence-corrected chi connectivity index (χ3v) is 1.40. The quantitative estimate of drug-likeness (QED) is 0.487. The van der Waals surface area contributed by atoms with Gasteiger partial charge in [-0.25, -0.2) is 0 Å². The van der Waals surface area contributed by atoms with E-state index in [0.717, 1.165) is 6.42 Å². The molecule has 0 saturated carbocycles. The molecule has 5 nitrogen and oxygen atoms in total. The van der Waals surface area contributed by atoms with E-state index in [4.69, 9.17) is 15.2 Å². The van der Waals surface area contributed by atoms with Gasteiger partial charge in [0, 0.05) is 20.3 Å². The topological polar surface area (TPSA) is 73.6 Å². The van der Waals surface area contributed by atoms with Gasteiger partial charge in [-0.2, -0.15) is 0 Å². The molecule has 3 N–H and O–H groups in total. The molecule has 0 aliphatic heterocycles. The fourth-order valence-corrected chi connectivity index (χ4v) is 0.719. The fourth-order valence-electron chi connectivity index (χ4n) is 0.719. The molecule has 0 rings (SSSR count). The van der Waals surface area contributed by atoms with E-state index >= 15 is 0 Å². The molecular formula is C8H18N2O3. The largest absolute Gasteiger partial charge is 0.382 e. The van der Waals surface area contributed by atoms with Crippen LogP contribution in [0.5, 0.6) is 0 Å². The highest BCUT2D eigenvalue weighted by Gasteiger charge is 1.94. The van der Waals surface area contributed by atoms with Crippen LogP contribution in [0.25, 0.3) is 0 Å². The molecule has 0 aliphatic rings. The predicted octanol–water partition coefficient (Wildman–Crippen LogP) is -0.886. The summed E-state index contributed by atoms with van der Waals surface area (Å²) in [5.41, 5.74) is 5.09. The molecule has 5 heteroatoms. The summed E-state index contributed by atoms with van der Waals surface area (Å²) in [4.78, 5) is 10.7. The summed E-state index contributed by atoms with van der Waals surface area (Å²) in [7, 11) is 1.63. The minimum absolute atomic E-state index is 0.0462. The third-order valence-electron chi connectivity index (χ3n) is 1.40. The molecule has 0 heterocycles. The summed E-state index contributed by atoms with van der Waals surface area (Å²) >= 11 is 0. The second-order valence-electron chi connectivity index (χ2n) is 2.51. The van der Waals surface area contributed by atoms with Gasteiger partial charge in [0.2, 0.25) is 5.91 Å². The van der Waals surface area contributed by atoms with Crippen LogP contribution in [0.15, 0.2) is 0 Å². The van der Waals surface area contributed by atoms with Crippen molar-refractivity contribution >= 4 is 5.91 Å². The summed E-state index contributed by atoms with van der Waals surface area (Å²) < 4.78 is 9.97. The first-order valence-electron chi connectivity index (χ1n) is 4.34. The van der Waals surface area contributed by atoms with Crippen LogP contribution in [0.2, 0.25) is 0 Å². The predicted molar refractivity (Wildman–Crippen MR) is 49.4 cm³/mol. The summed E-state index contributed by atoms with van der Waals surface area (Å²) in [5, 5.41) is 2.65. The van der Waals surface area contributed by atoms with Crippen molar-refractivity contribution in [3.8, 4) is 0 Å². The monoisotopic (exact) mass is 190 g/mol. The van der Waals surface area contributed by atoms with Gasteiger partial charge in [0.05, 0.1) is 19.8 Å². The van der Waals surface area contributed by atoms with Crippen LogP contribution in [0.3, 0.4) is 0 Å². The van der Waals surface area contributed by atoms with Crippen molar-refractivity contribution in [3.05, 3.63) is 0 Å². The van der Waals surface area contributed by atoms with E-state index in [0.29, 0.717) is 26.4 Å². The fraction of sp³-hybridized carbons (Fsp3) is 0.875. The first-order valence-corrected chi connectivity index (χ1v) is 4.34. The maximum absolute atomic E-state index is 10.7. The van der Waals surface area contributed by atoms with Crippen molar-refractivity contribution in [3.63, 3.8) is 0 Å². The summed E-state index contributed by atoms with van der Waals surface area (Å²) in [6.07, 6.45) is 0.801. The lowest BCUT2D eigenvalue weighted by molar-refractivity contribution is -0.119. The Morgan fingerprint density at radius 1 is 1.38 bits per heavy atom. The van der Waals surface area contributed by atoms with Crippen LogP contribution in [-0.4, -0.2) is 45.9 Å². The zero-order valence-corrected chi connectivity index (χ0v) is 8.04. The highest BCUT2D eigenvalue weighted by molar-refractivity contribution is 5.77. The Morgan fingerprint density at radius 2 is 2.15 bits per heavy atom. The Balaban J connectivity index is 2.95. The zero-order chi connectivity index (χ0) is 9.94. The van der Waals surface area contributed by atoms with Gasteiger partial charge in [0.15, 0.2) is 0 Å². The van der Waals surface area contributed by atoms with E-state index < -0.39 is 0 Å². The minimum atomic E-state index is -0.128. The van der Waals surface area contributed by atoms with E-state index in [1.54, 1.807) is 7.11 Å². The summed E-state index contributed by atoms with van der Waals surface area (Å²) in [5.74, 6) is -0.128. The molecule has 1 amide bonds. The minimum Gasteiger partial charge on any atom is -0.382 e. The van der Waals surface area contributed by atoms with Gasteiger partial charge in [-0.1, -0.05) is 0 Å². The molecule has 0 saturated heterocycles. The van der Waals surface area contributed by atoms with Crippen molar-refractivity contribution in [2.45, 2.75) is 6.42 Å². The molecule has 0 radical (unpaired) electrons. The Morgan fingerprint density at radius 3 is 2.77 bits per heavy atom. The smallest absolute Gasteiger partial charge is 0.233 e. The van der Waals surface area contributed by atoms with Crippen molar-refractivity contribution in [1.29, 1.82) is 0 Å². The van der Waals surface area contributed by atoms with Gasteiger partial charge in [-0.3, -0.25) is 4.79 Å². The van der Waals surface area contributed by atoms with E-state index in [2.05, 4.69) is 5.32 Å². The molecule has 0 aromatic heterocycles. The molecule has 0 aromatic carbocycles. The van der Waals surface area contributed by atoms with Crippen LogP contribution >= 0.6 is 0 Å². The van der Waals surface area contributed by atoms with Gasteiger partial charge in [-0.15, -0.1) is 0 Å². The van der Waals surface area contributed by atoms with E-state index in [9.17, 15) is 4.79 Å². The number of nitrogens with one attached hydrogen (secondary N) is 1. The van der Waals surface area contributed by atoms with Gasteiger partial charge in [0.1, 0.15) is 0 Å². The Labute approximate surface area is 78.6 Å². The van der Waals surface area contributed by atoms with Crippen LogP contribution in [0.1, 0.15) is 6.42 Å². The van der Waals surface area contributed by atoms with E-state index in [1.165, 1.54) is 0 Å². The molecule has 0 unspecified atom stereocenters. The van der Waals surface area contributed by atoms with Crippen LogP contribution in [0.4, 0.5) is 0 Å². The number of hydrogen-bond acceptors (Lipinski definition) is 4. The number of hydrogen-bond donors (Lipinski definition) is 2. The highest BCUT2D eigenvalue weighted by Crippen LogP contribution is 1.81. The van der Waals surface area contributed by atoms with Crippen LogP contribution in [0, 0.1) is 0 Å². The van der Waals surface area contributed by atoms with Crippen molar-refractivity contribution in [2.75, 3.05) is 40.0 Å². The molecule has 0 bridgehead atoms. The normalized spacial score (nSPS) is 10.0. The Kier molecular flexibility index (Phi) is 8.97. The first kappa shape index (κ1) is 12.3. The molecular weight excluding hydrogens is 172 g/mol. The Hall–Kier alpha value is -0.650. The summed E-state index contributed by atoms with van der Waals surface area (Å²) in [6.45, 7) is 2.50. The van der Waals surface area contributed by atoms with Gasteiger partial charge < -0.3 is 20.5 Å². The standard InChI is InChI=1S/C8H18N2O3/c1-12-5-6-13-4-2-3-10-8(11)7-9/h2-7,9H2,1H3,(H,10,11). The maximum Gasteiger partial charge on any atom is 0.233 e. The zero-order valence-electron chi connectivity index (χ0n) is 8.04. The molecule has 0 atom stereocenters. The lowest BCUT2D eigenvalue weighted by Crippen LogP contribution is -2.31. The highest BCUT2D eigenvalue weighted by atomic mass is 16.5. The lowest BCUT2D eigenvalue weighted by Gasteiger charge is -2.04. The molecule has 0 aliphatic carbocycles. The van der Waals surface area contributed by atoms with Crippen molar-refractivity contribution < 1.29 is 14.3 Å². The molecule has 0 aromatic rings. The third kappa shape index (κ3) is 9.26. The SMILES string of the molecule is COCCOCCCNC(=O)CN. The first-order chi connectivity index (χ1) is 6.31. The van der Waals surface area contributed by atoms with Gasteiger partial charge in [-0.05, 0) is 6.42 Å². The molecule has 0 spiro atoms. The van der Waals surface area contributed by atoms with E-state index in [1.807, 2.05) is 0 Å². The summed E-state index contributed by atoms with van der Waals surface area (Å²) in [6, 6.07) is 0. The Bertz CT molecular complexity index is 131. The average molecular weight is 190 g/mol. The number of nitrogens with two attached hydrogens (primary N) is 1. The number of rotatable bonds is 8. The second kappa shape index (κ2) is 9.44. The second-order valence-corrected chi connectivity index (χ2v) is 2.51.